The van der Waals surface area contributed by atoms with Gasteiger partial charge in [0.1, 0.15) is 0 Å². The lowest BCUT2D eigenvalue weighted by Gasteiger charge is -2.57. The van der Waals surface area contributed by atoms with E-state index < -0.39 is 5.54 Å². The number of hydrogen-bond donors (Lipinski definition) is 2. The number of rotatable bonds is 0. The SMILES string of the molecule is C[C@H]1CCc2c([nH]c3ccccc23)[C@]23C(=O)NC4=C2[C@H](C=C(Br)C=C4)N13. The van der Waals surface area contributed by atoms with E-state index in [0.717, 1.165) is 34.2 Å². The highest BCUT2D eigenvalue weighted by atomic mass is 79.9. The zero-order valence-corrected chi connectivity index (χ0v) is 15.9. The third kappa shape index (κ3) is 1.53. The average molecular weight is 408 g/mol. The van der Waals surface area contributed by atoms with Crippen molar-refractivity contribution < 1.29 is 4.79 Å². The van der Waals surface area contributed by atoms with Crippen LogP contribution in [0.1, 0.15) is 24.6 Å². The molecule has 1 fully saturated rings. The predicted molar refractivity (Wildman–Crippen MR) is 105 cm³/mol. The molecule has 0 radical (unpaired) electrons. The van der Waals surface area contributed by atoms with Crippen LogP contribution < -0.4 is 5.32 Å². The molecular formula is C21H18BrN3O. The molecule has 0 bridgehead atoms. The number of aromatic nitrogens is 1. The highest BCUT2D eigenvalue weighted by Crippen LogP contribution is 2.59. The van der Waals surface area contributed by atoms with Crippen LogP contribution in [0.5, 0.6) is 0 Å². The maximum atomic E-state index is 13.4. The molecule has 3 atom stereocenters. The van der Waals surface area contributed by atoms with Crippen LogP contribution in [0.2, 0.25) is 0 Å². The topological polar surface area (TPSA) is 48.1 Å². The summed E-state index contributed by atoms with van der Waals surface area (Å²) in [6.45, 7) is 2.25. The third-order valence-corrected chi connectivity index (χ3v) is 6.96. The molecule has 5 heteroatoms. The molecule has 2 N–H and O–H groups in total. The summed E-state index contributed by atoms with van der Waals surface area (Å²) in [6.07, 6.45) is 8.31. The van der Waals surface area contributed by atoms with Crippen molar-refractivity contribution in [3.8, 4) is 0 Å². The lowest BCUT2D eigenvalue weighted by atomic mass is 9.70. The van der Waals surface area contributed by atoms with Crippen molar-refractivity contribution in [2.75, 3.05) is 0 Å². The van der Waals surface area contributed by atoms with Gasteiger partial charge in [-0.15, -0.1) is 0 Å². The van der Waals surface area contributed by atoms with Crippen molar-refractivity contribution >= 4 is 32.7 Å². The Hall–Kier alpha value is -2.11. The van der Waals surface area contributed by atoms with Crippen molar-refractivity contribution in [2.24, 2.45) is 0 Å². The molecule has 6 rings (SSSR count). The molecule has 4 nitrogen and oxygen atoms in total. The molecule has 1 aromatic carbocycles. The zero-order chi connectivity index (χ0) is 17.6. The van der Waals surface area contributed by atoms with E-state index in [1.54, 1.807) is 0 Å². The Balaban J connectivity index is 1.70. The predicted octanol–water partition coefficient (Wildman–Crippen LogP) is 3.61. The Bertz CT molecular complexity index is 1090. The van der Waals surface area contributed by atoms with Crippen molar-refractivity contribution in [1.82, 2.24) is 15.2 Å². The third-order valence-electron chi connectivity index (χ3n) is 6.43. The van der Waals surface area contributed by atoms with E-state index >= 15 is 0 Å². The smallest absolute Gasteiger partial charge is 0.255 e. The van der Waals surface area contributed by atoms with Gasteiger partial charge in [0.2, 0.25) is 0 Å². The maximum Gasteiger partial charge on any atom is 0.255 e. The first-order chi connectivity index (χ1) is 12.6. The number of hydrogen-bond acceptors (Lipinski definition) is 2. The normalized spacial score (nSPS) is 32.2. The Morgan fingerprint density at radius 3 is 3.00 bits per heavy atom. The molecule has 1 spiro atoms. The van der Waals surface area contributed by atoms with Crippen molar-refractivity contribution in [3.05, 3.63) is 69.5 Å². The van der Waals surface area contributed by atoms with E-state index in [-0.39, 0.29) is 11.9 Å². The molecular weight excluding hydrogens is 390 g/mol. The highest BCUT2D eigenvalue weighted by molar-refractivity contribution is 9.11. The molecule has 2 aromatic rings. The highest BCUT2D eigenvalue weighted by Gasteiger charge is 2.68. The van der Waals surface area contributed by atoms with Crippen LogP contribution in [0, 0.1) is 0 Å². The Labute approximate surface area is 159 Å². The van der Waals surface area contributed by atoms with Crippen LogP contribution in [0.25, 0.3) is 10.9 Å². The van der Waals surface area contributed by atoms with Gasteiger partial charge in [-0.25, -0.2) is 0 Å². The second-order valence-corrected chi connectivity index (χ2v) is 8.56. The van der Waals surface area contributed by atoms with Crippen LogP contribution in [-0.2, 0) is 16.8 Å². The summed E-state index contributed by atoms with van der Waals surface area (Å²) in [4.78, 5) is 19.4. The number of benzene rings is 1. The van der Waals surface area contributed by atoms with Gasteiger partial charge in [0.05, 0.1) is 11.7 Å². The fourth-order valence-electron chi connectivity index (χ4n) is 5.42. The number of fused-ring (bicyclic) bond motifs is 4. The van der Waals surface area contributed by atoms with Gasteiger partial charge in [0.25, 0.3) is 5.91 Å². The van der Waals surface area contributed by atoms with Gasteiger partial charge < -0.3 is 10.3 Å². The number of allylic oxidation sites excluding steroid dienone is 3. The Morgan fingerprint density at radius 1 is 1.27 bits per heavy atom. The van der Waals surface area contributed by atoms with E-state index in [4.69, 9.17) is 0 Å². The second kappa shape index (κ2) is 4.78. The molecule has 130 valence electrons. The number of carbonyl (C=O) groups is 1. The van der Waals surface area contributed by atoms with E-state index in [2.05, 4.69) is 62.3 Å². The Morgan fingerprint density at radius 2 is 2.12 bits per heavy atom. The van der Waals surface area contributed by atoms with Crippen LogP contribution in [-0.4, -0.2) is 27.9 Å². The van der Waals surface area contributed by atoms with Gasteiger partial charge >= 0.3 is 0 Å². The quantitative estimate of drug-likeness (QED) is 0.700. The molecule has 1 amide bonds. The molecule has 4 aliphatic rings. The number of nitrogens with one attached hydrogen (secondary N) is 2. The molecule has 4 heterocycles. The molecule has 1 aromatic heterocycles. The van der Waals surface area contributed by atoms with Crippen LogP contribution in [0.4, 0.5) is 0 Å². The summed E-state index contributed by atoms with van der Waals surface area (Å²) in [5, 5.41) is 4.42. The molecule has 1 saturated heterocycles. The average Bonchev–Trinajstić information content (AvgIpc) is 3.00. The first kappa shape index (κ1) is 15.0. The molecule has 3 aliphatic heterocycles. The number of para-hydroxylation sites is 1. The summed E-state index contributed by atoms with van der Waals surface area (Å²) in [7, 11) is 0. The van der Waals surface area contributed by atoms with Crippen LogP contribution in [0.3, 0.4) is 0 Å². The standard InChI is InChI=1S/C21H18BrN3O/c1-11-6-8-14-13-4-2-3-5-15(13)23-19(14)21-18-16(24-20(21)26)9-7-12(22)10-17(18)25(11)21/h2-5,7,9-11,17,23H,6,8H2,1H3,(H,24,26)/t11-,17-,21-/m0/s1. The molecule has 0 unspecified atom stereocenters. The van der Waals surface area contributed by atoms with Crippen LogP contribution in [0.15, 0.2) is 58.2 Å². The van der Waals surface area contributed by atoms with E-state index in [1.807, 2.05) is 18.2 Å². The second-order valence-electron chi connectivity index (χ2n) is 7.64. The van der Waals surface area contributed by atoms with Gasteiger partial charge in [-0.3, -0.25) is 9.69 Å². The largest absolute Gasteiger partial charge is 0.356 e. The van der Waals surface area contributed by atoms with Gasteiger partial charge in [-0.1, -0.05) is 34.1 Å². The molecule has 26 heavy (non-hydrogen) atoms. The summed E-state index contributed by atoms with van der Waals surface area (Å²) < 4.78 is 1.06. The summed E-state index contributed by atoms with van der Waals surface area (Å²) in [6, 6.07) is 8.88. The number of amides is 1. The summed E-state index contributed by atoms with van der Waals surface area (Å²) >= 11 is 3.64. The lowest BCUT2D eigenvalue weighted by molar-refractivity contribution is -0.138. The number of aryl methyl sites for hydroxylation is 1. The summed E-state index contributed by atoms with van der Waals surface area (Å²) in [5.74, 6) is 0.0800. The van der Waals surface area contributed by atoms with Gasteiger partial charge in [0.15, 0.2) is 5.54 Å². The van der Waals surface area contributed by atoms with Gasteiger partial charge in [0, 0.05) is 32.7 Å². The van der Waals surface area contributed by atoms with Crippen molar-refractivity contribution in [2.45, 2.75) is 37.4 Å². The lowest BCUT2D eigenvalue weighted by Crippen LogP contribution is -2.70. The van der Waals surface area contributed by atoms with Crippen molar-refractivity contribution in [3.63, 3.8) is 0 Å². The number of carbonyl (C=O) groups excluding carboxylic acids is 1. The number of aromatic amines is 1. The van der Waals surface area contributed by atoms with E-state index in [9.17, 15) is 4.79 Å². The first-order valence-corrected chi connectivity index (χ1v) is 9.91. The van der Waals surface area contributed by atoms with E-state index in [0.29, 0.717) is 6.04 Å². The minimum absolute atomic E-state index is 0.0800. The fourth-order valence-corrected chi connectivity index (χ4v) is 5.80. The fraction of sp³-hybridized carbons (Fsp3) is 0.286. The molecule has 0 saturated carbocycles. The van der Waals surface area contributed by atoms with Crippen molar-refractivity contribution in [1.29, 1.82) is 0 Å². The maximum absolute atomic E-state index is 13.4. The monoisotopic (exact) mass is 407 g/mol. The zero-order valence-electron chi connectivity index (χ0n) is 14.3. The number of nitrogens with zero attached hydrogens (tertiary/aromatic N) is 1. The number of halogens is 1. The van der Waals surface area contributed by atoms with Crippen LogP contribution >= 0.6 is 15.9 Å². The van der Waals surface area contributed by atoms with E-state index in [1.165, 1.54) is 16.5 Å². The Kier molecular flexibility index (Phi) is 2.76. The van der Waals surface area contributed by atoms with Gasteiger partial charge in [-0.2, -0.15) is 0 Å². The minimum Gasteiger partial charge on any atom is -0.356 e. The minimum atomic E-state index is -0.692. The van der Waals surface area contributed by atoms with Gasteiger partial charge in [-0.05, 0) is 49.6 Å². The first-order valence-electron chi connectivity index (χ1n) is 9.12. The molecule has 1 aliphatic carbocycles. The summed E-state index contributed by atoms with van der Waals surface area (Å²) in [5.41, 5.74) is 4.95. The number of H-pyrrole nitrogens is 1.